The zero-order chi connectivity index (χ0) is 11.7. The molecular formula is C9H3Br2Cl2N3. The lowest BCUT2D eigenvalue weighted by Gasteiger charge is -2.02. The highest BCUT2D eigenvalue weighted by atomic mass is 79.9. The molecule has 2 rings (SSSR count). The lowest BCUT2D eigenvalue weighted by Crippen LogP contribution is -1.93. The quantitative estimate of drug-likeness (QED) is 0.734. The van der Waals surface area contributed by atoms with Crippen LogP contribution < -0.4 is 0 Å². The molecule has 0 saturated heterocycles. The number of hydrogen-bond donors (Lipinski definition) is 0. The van der Waals surface area contributed by atoms with Crippen molar-refractivity contribution in [2.45, 2.75) is 0 Å². The highest BCUT2D eigenvalue weighted by Crippen LogP contribution is 2.26. The van der Waals surface area contributed by atoms with Crippen molar-refractivity contribution >= 4 is 55.1 Å². The van der Waals surface area contributed by atoms with Gasteiger partial charge in [-0.05, 0) is 41.4 Å². The van der Waals surface area contributed by atoms with Crippen LogP contribution in [0.5, 0.6) is 0 Å². The normalized spacial score (nSPS) is 10.5. The predicted molar refractivity (Wildman–Crippen MR) is 70.7 cm³/mol. The summed E-state index contributed by atoms with van der Waals surface area (Å²) in [6, 6.07) is 5.65. The molecule has 7 heteroatoms. The van der Waals surface area contributed by atoms with E-state index in [1.54, 1.807) is 0 Å². The lowest BCUT2D eigenvalue weighted by atomic mass is 10.2. The minimum absolute atomic E-state index is 0.0751. The molecule has 2 aromatic rings. The summed E-state index contributed by atoms with van der Waals surface area (Å²) in [5.74, 6) is 0.437. The summed E-state index contributed by atoms with van der Waals surface area (Å²) in [5.41, 5.74) is 0.799. The fourth-order valence-corrected chi connectivity index (χ4v) is 2.80. The first-order valence-corrected chi connectivity index (χ1v) is 6.42. The van der Waals surface area contributed by atoms with Crippen LogP contribution in [0.15, 0.2) is 27.1 Å². The van der Waals surface area contributed by atoms with E-state index < -0.39 is 0 Å². The number of rotatable bonds is 1. The molecule has 0 bridgehead atoms. The van der Waals surface area contributed by atoms with Crippen molar-refractivity contribution in [2.24, 2.45) is 0 Å². The molecule has 1 aromatic carbocycles. The molecule has 0 aliphatic carbocycles. The Morgan fingerprint density at radius 3 is 1.81 bits per heavy atom. The molecule has 82 valence electrons. The standard InChI is InChI=1S/C9H3Br2Cl2N3/c10-5-1-4(2-6(11)3-5)7-14-8(12)16-9(13)15-7/h1-3H. The largest absolute Gasteiger partial charge is 0.227 e. The molecule has 0 radical (unpaired) electrons. The van der Waals surface area contributed by atoms with E-state index in [1.165, 1.54) is 0 Å². The van der Waals surface area contributed by atoms with Crippen molar-refractivity contribution in [1.82, 2.24) is 15.0 Å². The third-order valence-electron chi connectivity index (χ3n) is 1.70. The molecule has 1 aromatic heterocycles. The maximum absolute atomic E-state index is 5.71. The average Bonchev–Trinajstić information content (AvgIpc) is 2.14. The highest BCUT2D eigenvalue weighted by molar-refractivity contribution is 9.11. The van der Waals surface area contributed by atoms with Crippen LogP contribution in [0.25, 0.3) is 11.4 Å². The Hall–Kier alpha value is -0.230. The van der Waals surface area contributed by atoms with Gasteiger partial charge in [-0.25, -0.2) is 0 Å². The minimum Gasteiger partial charge on any atom is -0.198 e. The van der Waals surface area contributed by atoms with Crippen molar-refractivity contribution in [2.75, 3.05) is 0 Å². The molecule has 0 aliphatic heterocycles. The van der Waals surface area contributed by atoms with Crippen LogP contribution in [0.3, 0.4) is 0 Å². The fraction of sp³-hybridized carbons (Fsp3) is 0. The molecule has 3 nitrogen and oxygen atoms in total. The van der Waals surface area contributed by atoms with Crippen LogP contribution in [-0.4, -0.2) is 15.0 Å². The molecule has 0 fully saturated rings. The van der Waals surface area contributed by atoms with Gasteiger partial charge in [0.15, 0.2) is 5.82 Å². The van der Waals surface area contributed by atoms with Gasteiger partial charge in [-0.15, -0.1) is 0 Å². The van der Waals surface area contributed by atoms with Crippen LogP contribution in [0.2, 0.25) is 10.6 Å². The van der Waals surface area contributed by atoms with Crippen LogP contribution in [0.1, 0.15) is 0 Å². The van der Waals surface area contributed by atoms with E-state index >= 15 is 0 Å². The number of benzene rings is 1. The third-order valence-corrected chi connectivity index (χ3v) is 2.96. The fourth-order valence-electron chi connectivity index (χ4n) is 1.14. The van der Waals surface area contributed by atoms with E-state index in [2.05, 4.69) is 46.8 Å². The smallest absolute Gasteiger partial charge is 0.198 e. The minimum atomic E-state index is 0.0751. The summed E-state index contributed by atoms with van der Waals surface area (Å²) >= 11 is 18.2. The van der Waals surface area contributed by atoms with Crippen molar-refractivity contribution in [3.63, 3.8) is 0 Å². The second kappa shape index (κ2) is 4.96. The van der Waals surface area contributed by atoms with E-state index in [0.29, 0.717) is 5.82 Å². The van der Waals surface area contributed by atoms with Crippen molar-refractivity contribution < 1.29 is 0 Å². The molecule has 0 saturated carbocycles. The van der Waals surface area contributed by atoms with E-state index in [9.17, 15) is 0 Å². The maximum Gasteiger partial charge on any atom is 0.227 e. The first-order valence-electron chi connectivity index (χ1n) is 4.08. The molecule has 0 amide bonds. The molecule has 0 spiro atoms. The topological polar surface area (TPSA) is 38.7 Å². The zero-order valence-corrected chi connectivity index (χ0v) is 12.3. The molecule has 0 N–H and O–H groups in total. The van der Waals surface area contributed by atoms with Gasteiger partial charge in [0.2, 0.25) is 10.6 Å². The van der Waals surface area contributed by atoms with E-state index in [-0.39, 0.29) is 10.6 Å². The maximum atomic E-state index is 5.71. The highest BCUT2D eigenvalue weighted by Gasteiger charge is 2.07. The summed E-state index contributed by atoms with van der Waals surface area (Å²) in [6.07, 6.45) is 0. The Bertz CT molecular complexity index is 458. The van der Waals surface area contributed by atoms with Crippen LogP contribution in [0, 0.1) is 0 Å². The Morgan fingerprint density at radius 2 is 1.31 bits per heavy atom. The number of hydrogen-bond acceptors (Lipinski definition) is 3. The van der Waals surface area contributed by atoms with E-state index in [0.717, 1.165) is 14.5 Å². The average molecular weight is 384 g/mol. The van der Waals surface area contributed by atoms with E-state index in [1.807, 2.05) is 18.2 Å². The van der Waals surface area contributed by atoms with Crippen LogP contribution in [-0.2, 0) is 0 Å². The summed E-state index contributed by atoms with van der Waals surface area (Å²) in [4.78, 5) is 11.7. The van der Waals surface area contributed by atoms with E-state index in [4.69, 9.17) is 23.2 Å². The van der Waals surface area contributed by atoms with Gasteiger partial charge < -0.3 is 0 Å². The molecule has 0 aliphatic rings. The summed E-state index contributed by atoms with van der Waals surface area (Å²) in [5, 5.41) is 0.150. The second-order valence-corrected chi connectivity index (χ2v) is 5.36. The van der Waals surface area contributed by atoms with Crippen molar-refractivity contribution in [3.8, 4) is 11.4 Å². The van der Waals surface area contributed by atoms with Gasteiger partial charge in [-0.3, -0.25) is 0 Å². The molecule has 1 heterocycles. The van der Waals surface area contributed by atoms with Gasteiger partial charge in [-0.2, -0.15) is 15.0 Å². The van der Waals surface area contributed by atoms with Gasteiger partial charge in [0.1, 0.15) is 0 Å². The molecular weight excluding hydrogens is 381 g/mol. The monoisotopic (exact) mass is 381 g/mol. The Kier molecular flexibility index (Phi) is 3.79. The number of halogens is 4. The summed E-state index contributed by atoms with van der Waals surface area (Å²) < 4.78 is 1.81. The lowest BCUT2D eigenvalue weighted by molar-refractivity contribution is 1.06. The predicted octanol–water partition coefficient (Wildman–Crippen LogP) is 4.37. The zero-order valence-electron chi connectivity index (χ0n) is 7.59. The first-order chi connectivity index (χ1) is 7.54. The molecule has 0 atom stereocenters. The van der Waals surface area contributed by atoms with Crippen molar-refractivity contribution in [3.05, 3.63) is 37.7 Å². The number of aromatic nitrogens is 3. The van der Waals surface area contributed by atoms with Gasteiger partial charge in [0.25, 0.3) is 0 Å². The van der Waals surface area contributed by atoms with Gasteiger partial charge >= 0.3 is 0 Å². The Balaban J connectivity index is 2.57. The van der Waals surface area contributed by atoms with Gasteiger partial charge in [0, 0.05) is 14.5 Å². The van der Waals surface area contributed by atoms with Gasteiger partial charge in [0.05, 0.1) is 0 Å². The molecule has 0 unspecified atom stereocenters. The van der Waals surface area contributed by atoms with Crippen molar-refractivity contribution in [1.29, 1.82) is 0 Å². The third kappa shape index (κ3) is 2.91. The SMILES string of the molecule is Clc1nc(Cl)nc(-c2cc(Br)cc(Br)c2)n1. The van der Waals surface area contributed by atoms with Crippen LogP contribution >= 0.6 is 55.1 Å². The summed E-state index contributed by atoms with van der Waals surface area (Å²) in [7, 11) is 0. The second-order valence-electron chi connectivity index (χ2n) is 2.86. The number of nitrogens with zero attached hydrogens (tertiary/aromatic N) is 3. The Labute approximate surface area is 118 Å². The van der Waals surface area contributed by atoms with Gasteiger partial charge in [-0.1, -0.05) is 31.9 Å². The summed E-state index contributed by atoms with van der Waals surface area (Å²) in [6.45, 7) is 0. The first kappa shape index (κ1) is 12.2. The Morgan fingerprint density at radius 1 is 0.812 bits per heavy atom. The molecule has 16 heavy (non-hydrogen) atoms. The van der Waals surface area contributed by atoms with Crippen LogP contribution in [0.4, 0.5) is 0 Å².